The quantitative estimate of drug-likeness (QED) is 0.677. The first-order chi connectivity index (χ1) is 7.76. The third-order valence-corrected chi connectivity index (χ3v) is 5.13. The van der Waals surface area contributed by atoms with Crippen LogP contribution in [-0.2, 0) is 0 Å². The summed E-state index contributed by atoms with van der Waals surface area (Å²) in [5, 5.41) is 13.6. The maximum Gasteiger partial charge on any atom is 0.0613 e. The molecule has 1 rings (SSSR count). The highest BCUT2D eigenvalue weighted by Gasteiger charge is 2.34. The summed E-state index contributed by atoms with van der Waals surface area (Å²) >= 11 is 2.12. The smallest absolute Gasteiger partial charge is 0.0613 e. The molecule has 0 aromatic rings. The largest absolute Gasteiger partial charge is 0.394 e. The molecule has 2 N–H and O–H groups in total. The lowest BCUT2D eigenvalue weighted by Crippen LogP contribution is -2.50. The van der Waals surface area contributed by atoms with E-state index in [1.54, 1.807) is 0 Å². The summed E-state index contributed by atoms with van der Waals surface area (Å²) in [6, 6.07) is 0. The first-order valence-electron chi connectivity index (χ1n) is 6.67. The number of likely N-dealkylation sites (N-methyl/N-ethyl adjacent to an activating group) is 1. The van der Waals surface area contributed by atoms with Gasteiger partial charge in [-0.2, -0.15) is 11.8 Å². The van der Waals surface area contributed by atoms with E-state index in [1.165, 1.54) is 37.9 Å². The van der Waals surface area contributed by atoms with Crippen molar-refractivity contribution in [2.45, 2.75) is 62.7 Å². The molecule has 1 fully saturated rings. The second-order valence-electron chi connectivity index (χ2n) is 4.98. The Kier molecular flexibility index (Phi) is 6.78. The molecule has 0 saturated heterocycles. The Morgan fingerprint density at radius 1 is 1.44 bits per heavy atom. The molecule has 96 valence electrons. The molecule has 16 heavy (non-hydrogen) atoms. The van der Waals surface area contributed by atoms with Crippen molar-refractivity contribution in [3.05, 3.63) is 0 Å². The number of hydrogen-bond donors (Lipinski definition) is 2. The zero-order valence-corrected chi connectivity index (χ0v) is 11.6. The third-order valence-electron chi connectivity index (χ3n) is 3.73. The fourth-order valence-electron chi connectivity index (χ4n) is 2.50. The van der Waals surface area contributed by atoms with Gasteiger partial charge in [0, 0.05) is 10.8 Å². The number of unbranched alkanes of at least 4 members (excludes halogenated alkanes) is 2. The minimum Gasteiger partial charge on any atom is -0.394 e. The average molecular weight is 245 g/mol. The third kappa shape index (κ3) is 4.27. The molecule has 2 nitrogen and oxygen atoms in total. The lowest BCUT2D eigenvalue weighted by molar-refractivity contribution is 0.131. The van der Waals surface area contributed by atoms with Gasteiger partial charge in [-0.15, -0.1) is 0 Å². The van der Waals surface area contributed by atoms with Crippen LogP contribution in [0.3, 0.4) is 0 Å². The van der Waals surface area contributed by atoms with Crippen LogP contribution in [0.4, 0.5) is 0 Å². The normalized spacial score (nSPS) is 30.6. The topological polar surface area (TPSA) is 32.3 Å². The SMILES string of the molecule is CCCCCSC1CCCC(CO)(NC)C1. The van der Waals surface area contributed by atoms with E-state index in [9.17, 15) is 5.11 Å². The molecule has 0 aliphatic heterocycles. The number of aliphatic hydroxyl groups excluding tert-OH is 1. The number of thioether (sulfide) groups is 1. The summed E-state index contributed by atoms with van der Waals surface area (Å²) < 4.78 is 0. The van der Waals surface area contributed by atoms with Gasteiger partial charge in [-0.1, -0.05) is 26.2 Å². The van der Waals surface area contributed by atoms with Gasteiger partial charge in [0.2, 0.25) is 0 Å². The first-order valence-corrected chi connectivity index (χ1v) is 7.72. The Labute approximate surface area is 105 Å². The van der Waals surface area contributed by atoms with Crippen LogP contribution in [0.5, 0.6) is 0 Å². The standard InChI is InChI=1S/C13H27NOS/c1-3-4-5-9-16-12-7-6-8-13(10-12,11-15)14-2/h12,14-15H,3-11H2,1-2H3. The van der Waals surface area contributed by atoms with Crippen molar-refractivity contribution in [1.29, 1.82) is 0 Å². The van der Waals surface area contributed by atoms with Gasteiger partial charge in [-0.3, -0.25) is 0 Å². The van der Waals surface area contributed by atoms with Gasteiger partial charge < -0.3 is 10.4 Å². The van der Waals surface area contributed by atoms with Crippen LogP contribution in [0.1, 0.15) is 51.9 Å². The van der Waals surface area contributed by atoms with Crippen LogP contribution < -0.4 is 5.32 Å². The minimum atomic E-state index is 0.0146. The molecule has 1 aliphatic rings. The summed E-state index contributed by atoms with van der Waals surface area (Å²) in [4.78, 5) is 0. The summed E-state index contributed by atoms with van der Waals surface area (Å²) in [5.41, 5.74) is 0.0146. The summed E-state index contributed by atoms with van der Waals surface area (Å²) in [5.74, 6) is 1.30. The zero-order valence-electron chi connectivity index (χ0n) is 10.8. The highest BCUT2D eigenvalue weighted by Crippen LogP contribution is 2.35. The molecule has 0 bridgehead atoms. The van der Waals surface area contributed by atoms with Gasteiger partial charge in [0.1, 0.15) is 0 Å². The van der Waals surface area contributed by atoms with Crippen LogP contribution in [0.25, 0.3) is 0 Å². The van der Waals surface area contributed by atoms with E-state index in [-0.39, 0.29) is 12.1 Å². The molecule has 0 spiro atoms. The van der Waals surface area contributed by atoms with E-state index in [4.69, 9.17) is 0 Å². The van der Waals surface area contributed by atoms with Crippen LogP contribution >= 0.6 is 11.8 Å². The van der Waals surface area contributed by atoms with Gasteiger partial charge >= 0.3 is 0 Å². The van der Waals surface area contributed by atoms with E-state index in [0.29, 0.717) is 0 Å². The molecule has 0 aromatic heterocycles. The highest BCUT2D eigenvalue weighted by atomic mass is 32.2. The van der Waals surface area contributed by atoms with Crippen molar-refractivity contribution in [3.8, 4) is 0 Å². The lowest BCUT2D eigenvalue weighted by Gasteiger charge is -2.39. The van der Waals surface area contributed by atoms with Crippen molar-refractivity contribution in [1.82, 2.24) is 5.32 Å². The van der Waals surface area contributed by atoms with E-state index < -0.39 is 0 Å². The predicted octanol–water partition coefficient (Wildman–Crippen LogP) is 2.80. The van der Waals surface area contributed by atoms with Gasteiger partial charge in [0.05, 0.1) is 6.61 Å². The summed E-state index contributed by atoms with van der Waals surface area (Å²) in [7, 11) is 1.99. The second kappa shape index (κ2) is 7.57. The highest BCUT2D eigenvalue weighted by molar-refractivity contribution is 7.99. The monoisotopic (exact) mass is 245 g/mol. The molecule has 2 unspecified atom stereocenters. The zero-order chi connectivity index (χ0) is 11.9. The van der Waals surface area contributed by atoms with Crippen LogP contribution in [0.15, 0.2) is 0 Å². The van der Waals surface area contributed by atoms with Crippen LogP contribution in [-0.4, -0.2) is 35.3 Å². The molecule has 3 heteroatoms. The maximum atomic E-state index is 9.50. The molecule has 0 heterocycles. The minimum absolute atomic E-state index is 0.0146. The molecule has 0 amide bonds. The Bertz CT molecular complexity index is 183. The van der Waals surface area contributed by atoms with E-state index in [0.717, 1.165) is 18.1 Å². The Hall–Kier alpha value is 0.270. The number of nitrogens with one attached hydrogen (secondary N) is 1. The van der Waals surface area contributed by atoms with Gasteiger partial charge in [0.25, 0.3) is 0 Å². The van der Waals surface area contributed by atoms with E-state index in [2.05, 4.69) is 24.0 Å². The fourth-order valence-corrected chi connectivity index (χ4v) is 3.98. The van der Waals surface area contributed by atoms with Gasteiger partial charge in [-0.05, 0) is 38.5 Å². The molecule has 1 saturated carbocycles. The summed E-state index contributed by atoms with van der Waals surface area (Å²) in [6.07, 6.45) is 8.87. The fraction of sp³-hybridized carbons (Fsp3) is 1.00. The lowest BCUT2D eigenvalue weighted by atomic mass is 9.82. The number of hydrogen-bond acceptors (Lipinski definition) is 3. The van der Waals surface area contributed by atoms with Crippen molar-refractivity contribution in [2.75, 3.05) is 19.4 Å². The Balaban J connectivity index is 2.27. The van der Waals surface area contributed by atoms with E-state index in [1.807, 2.05) is 7.05 Å². The van der Waals surface area contributed by atoms with Crippen LogP contribution in [0, 0.1) is 0 Å². The molecule has 2 atom stereocenters. The average Bonchev–Trinajstić information content (AvgIpc) is 2.35. The van der Waals surface area contributed by atoms with Gasteiger partial charge in [0.15, 0.2) is 0 Å². The van der Waals surface area contributed by atoms with Crippen molar-refractivity contribution >= 4 is 11.8 Å². The first kappa shape index (κ1) is 14.3. The Morgan fingerprint density at radius 2 is 2.25 bits per heavy atom. The van der Waals surface area contributed by atoms with Crippen molar-refractivity contribution in [2.24, 2.45) is 0 Å². The van der Waals surface area contributed by atoms with Gasteiger partial charge in [-0.25, -0.2) is 0 Å². The maximum absolute atomic E-state index is 9.50. The molecule has 0 radical (unpaired) electrons. The molecular formula is C13H27NOS. The predicted molar refractivity (Wildman–Crippen MR) is 73.1 cm³/mol. The Morgan fingerprint density at radius 3 is 2.88 bits per heavy atom. The van der Waals surface area contributed by atoms with Crippen molar-refractivity contribution in [3.63, 3.8) is 0 Å². The van der Waals surface area contributed by atoms with E-state index >= 15 is 0 Å². The van der Waals surface area contributed by atoms with Crippen molar-refractivity contribution < 1.29 is 5.11 Å². The molecule has 0 aromatic carbocycles. The number of rotatable bonds is 7. The second-order valence-corrected chi connectivity index (χ2v) is 6.39. The molecular weight excluding hydrogens is 218 g/mol. The summed E-state index contributed by atoms with van der Waals surface area (Å²) in [6.45, 7) is 2.54. The molecule has 1 aliphatic carbocycles. The van der Waals surface area contributed by atoms with Crippen LogP contribution in [0.2, 0.25) is 0 Å². The number of aliphatic hydroxyl groups is 1.